The van der Waals surface area contributed by atoms with E-state index in [1.807, 2.05) is 12.1 Å². The second kappa shape index (κ2) is 6.16. The Balaban J connectivity index is 1.41. The summed E-state index contributed by atoms with van der Waals surface area (Å²) in [4.78, 5) is 11.2. The van der Waals surface area contributed by atoms with E-state index in [2.05, 4.69) is 35.0 Å². The van der Waals surface area contributed by atoms with Gasteiger partial charge in [0.2, 0.25) is 0 Å². The third-order valence-corrected chi connectivity index (χ3v) is 5.30. The average molecular weight is 325 g/mol. The molecule has 0 radical (unpaired) electrons. The number of rotatable bonds is 4. The number of hydrogen-bond donors (Lipinski definition) is 0. The zero-order valence-corrected chi connectivity index (χ0v) is 13.9. The molecule has 1 fully saturated rings. The second-order valence-corrected chi connectivity index (χ2v) is 7.07. The lowest BCUT2D eigenvalue weighted by Gasteiger charge is -2.15. The molecule has 0 amide bonds. The summed E-state index contributed by atoms with van der Waals surface area (Å²) in [7, 11) is 0. The molecule has 4 nitrogen and oxygen atoms in total. The quantitative estimate of drug-likeness (QED) is 0.729. The van der Waals surface area contributed by atoms with Crippen LogP contribution in [-0.4, -0.2) is 29.7 Å². The normalized spacial score (nSPS) is 17.8. The minimum Gasteiger partial charge on any atom is -0.493 e. The number of fused-ring (bicyclic) bond motifs is 1. The van der Waals surface area contributed by atoms with Crippen LogP contribution in [0.15, 0.2) is 42.7 Å². The number of aromatic nitrogens is 2. The Morgan fingerprint density at radius 3 is 3.00 bits per heavy atom. The summed E-state index contributed by atoms with van der Waals surface area (Å²) in [6, 6.07) is 10.3. The van der Waals surface area contributed by atoms with Gasteiger partial charge in [-0.15, -0.1) is 0 Å². The molecular formula is C18H19N3OS. The standard InChI is InChI=1S/C18H19N3OS/c1-13-2-3-16-17(10-13)23-18(20-16)21-9-6-14(11-21)12-22-15-4-7-19-8-5-15/h2-5,7-8,10,14H,6,9,11-12H2,1H3. The SMILES string of the molecule is Cc1ccc2nc(N3CCC(COc4ccncc4)C3)sc2c1. The molecule has 0 bridgehead atoms. The highest BCUT2D eigenvalue weighted by Gasteiger charge is 2.25. The number of ether oxygens (including phenoxy) is 1. The molecule has 4 rings (SSSR count). The summed E-state index contributed by atoms with van der Waals surface area (Å²) in [5.41, 5.74) is 2.39. The summed E-state index contributed by atoms with van der Waals surface area (Å²) in [6.07, 6.45) is 4.68. The first-order valence-corrected chi connectivity index (χ1v) is 8.74. The molecule has 0 aliphatic carbocycles. The van der Waals surface area contributed by atoms with Crippen LogP contribution >= 0.6 is 11.3 Å². The molecule has 5 heteroatoms. The number of anilines is 1. The summed E-state index contributed by atoms with van der Waals surface area (Å²) in [5, 5.41) is 1.14. The van der Waals surface area contributed by atoms with Crippen molar-refractivity contribution in [1.82, 2.24) is 9.97 Å². The van der Waals surface area contributed by atoms with E-state index in [4.69, 9.17) is 9.72 Å². The molecule has 2 aromatic heterocycles. The van der Waals surface area contributed by atoms with Crippen LogP contribution in [0.2, 0.25) is 0 Å². The van der Waals surface area contributed by atoms with Crippen molar-refractivity contribution >= 4 is 26.7 Å². The number of thiazole rings is 1. The minimum atomic E-state index is 0.553. The Kier molecular flexibility index (Phi) is 3.87. The molecule has 1 aromatic carbocycles. The zero-order valence-electron chi connectivity index (χ0n) is 13.1. The van der Waals surface area contributed by atoms with Gasteiger partial charge in [0, 0.05) is 31.4 Å². The first-order chi connectivity index (χ1) is 11.3. The Bertz CT molecular complexity index is 802. The van der Waals surface area contributed by atoms with Crippen LogP contribution in [0.1, 0.15) is 12.0 Å². The third kappa shape index (κ3) is 3.15. The first-order valence-electron chi connectivity index (χ1n) is 7.93. The molecule has 0 N–H and O–H groups in total. The monoisotopic (exact) mass is 325 g/mol. The van der Waals surface area contributed by atoms with Crippen molar-refractivity contribution in [3.63, 3.8) is 0 Å². The third-order valence-electron chi connectivity index (χ3n) is 4.22. The molecule has 1 aliphatic heterocycles. The number of nitrogens with zero attached hydrogens (tertiary/aromatic N) is 3. The predicted octanol–water partition coefficient (Wildman–Crippen LogP) is 3.91. The van der Waals surface area contributed by atoms with Gasteiger partial charge in [-0.25, -0.2) is 4.98 Å². The fraction of sp³-hybridized carbons (Fsp3) is 0.333. The van der Waals surface area contributed by atoms with Gasteiger partial charge in [0.05, 0.1) is 16.8 Å². The van der Waals surface area contributed by atoms with E-state index in [1.165, 1.54) is 10.3 Å². The van der Waals surface area contributed by atoms with Gasteiger partial charge in [-0.2, -0.15) is 0 Å². The van der Waals surface area contributed by atoms with E-state index >= 15 is 0 Å². The summed E-state index contributed by atoms with van der Waals surface area (Å²) in [6.45, 7) is 4.96. The molecule has 1 unspecified atom stereocenters. The van der Waals surface area contributed by atoms with Crippen LogP contribution in [0, 0.1) is 12.8 Å². The molecule has 1 saturated heterocycles. The molecule has 1 atom stereocenters. The van der Waals surface area contributed by atoms with Crippen molar-refractivity contribution in [1.29, 1.82) is 0 Å². The smallest absolute Gasteiger partial charge is 0.186 e. The van der Waals surface area contributed by atoms with Gasteiger partial charge in [-0.3, -0.25) is 4.98 Å². The maximum Gasteiger partial charge on any atom is 0.186 e. The summed E-state index contributed by atoms with van der Waals surface area (Å²) < 4.78 is 7.14. The van der Waals surface area contributed by atoms with E-state index in [1.54, 1.807) is 23.7 Å². The molecule has 23 heavy (non-hydrogen) atoms. The van der Waals surface area contributed by atoms with E-state index in [0.717, 1.165) is 42.5 Å². The number of benzene rings is 1. The Morgan fingerprint density at radius 2 is 2.13 bits per heavy atom. The van der Waals surface area contributed by atoms with E-state index < -0.39 is 0 Å². The van der Waals surface area contributed by atoms with Gasteiger partial charge in [0.15, 0.2) is 5.13 Å². The van der Waals surface area contributed by atoms with Gasteiger partial charge in [-0.1, -0.05) is 17.4 Å². The Morgan fingerprint density at radius 1 is 1.26 bits per heavy atom. The molecule has 0 spiro atoms. The first kappa shape index (κ1) is 14.5. The lowest BCUT2D eigenvalue weighted by molar-refractivity contribution is 0.261. The van der Waals surface area contributed by atoms with Gasteiger partial charge in [-0.05, 0) is 43.2 Å². The number of aryl methyl sites for hydroxylation is 1. The molecule has 3 heterocycles. The van der Waals surface area contributed by atoms with Crippen molar-refractivity contribution in [2.45, 2.75) is 13.3 Å². The lowest BCUT2D eigenvalue weighted by atomic mass is 10.1. The van der Waals surface area contributed by atoms with Crippen molar-refractivity contribution in [2.24, 2.45) is 5.92 Å². The second-order valence-electron chi connectivity index (χ2n) is 6.06. The minimum absolute atomic E-state index is 0.553. The number of pyridine rings is 1. The largest absolute Gasteiger partial charge is 0.493 e. The predicted molar refractivity (Wildman–Crippen MR) is 94.4 cm³/mol. The highest BCUT2D eigenvalue weighted by atomic mass is 32.1. The maximum atomic E-state index is 5.87. The van der Waals surface area contributed by atoms with Crippen LogP contribution in [0.25, 0.3) is 10.2 Å². The van der Waals surface area contributed by atoms with Crippen molar-refractivity contribution < 1.29 is 4.74 Å². The van der Waals surface area contributed by atoms with Crippen LogP contribution in [0.5, 0.6) is 5.75 Å². The van der Waals surface area contributed by atoms with Gasteiger partial charge in [0.25, 0.3) is 0 Å². The van der Waals surface area contributed by atoms with Crippen molar-refractivity contribution in [3.8, 4) is 5.75 Å². The highest BCUT2D eigenvalue weighted by molar-refractivity contribution is 7.22. The highest BCUT2D eigenvalue weighted by Crippen LogP contribution is 2.32. The van der Waals surface area contributed by atoms with E-state index in [-0.39, 0.29) is 0 Å². The molecular weight excluding hydrogens is 306 g/mol. The van der Waals surface area contributed by atoms with Crippen molar-refractivity contribution in [3.05, 3.63) is 48.3 Å². The van der Waals surface area contributed by atoms with Gasteiger partial charge < -0.3 is 9.64 Å². The Labute approximate surface area is 139 Å². The van der Waals surface area contributed by atoms with Crippen LogP contribution in [-0.2, 0) is 0 Å². The Hall–Kier alpha value is -2.14. The van der Waals surface area contributed by atoms with E-state index in [9.17, 15) is 0 Å². The molecule has 3 aromatic rings. The maximum absolute atomic E-state index is 5.87. The summed E-state index contributed by atoms with van der Waals surface area (Å²) in [5.74, 6) is 1.45. The van der Waals surface area contributed by atoms with Gasteiger partial charge in [0.1, 0.15) is 5.75 Å². The number of hydrogen-bond acceptors (Lipinski definition) is 5. The molecule has 1 aliphatic rings. The van der Waals surface area contributed by atoms with E-state index in [0.29, 0.717) is 5.92 Å². The molecule has 0 saturated carbocycles. The average Bonchev–Trinajstić information content (AvgIpc) is 3.20. The fourth-order valence-corrected chi connectivity index (χ4v) is 4.04. The van der Waals surface area contributed by atoms with Crippen LogP contribution in [0.4, 0.5) is 5.13 Å². The molecule has 118 valence electrons. The fourth-order valence-electron chi connectivity index (χ4n) is 2.95. The summed E-state index contributed by atoms with van der Waals surface area (Å²) >= 11 is 1.79. The van der Waals surface area contributed by atoms with Crippen molar-refractivity contribution in [2.75, 3.05) is 24.6 Å². The van der Waals surface area contributed by atoms with Crippen LogP contribution < -0.4 is 9.64 Å². The van der Waals surface area contributed by atoms with Crippen LogP contribution in [0.3, 0.4) is 0 Å². The lowest BCUT2D eigenvalue weighted by Crippen LogP contribution is -2.21. The topological polar surface area (TPSA) is 38.2 Å². The zero-order chi connectivity index (χ0) is 15.6. The van der Waals surface area contributed by atoms with Gasteiger partial charge >= 0.3 is 0 Å².